The van der Waals surface area contributed by atoms with Gasteiger partial charge in [0.05, 0.1) is 28.7 Å². The van der Waals surface area contributed by atoms with Crippen LogP contribution in [-0.2, 0) is 4.79 Å². The highest BCUT2D eigenvalue weighted by Crippen LogP contribution is 2.41. The summed E-state index contributed by atoms with van der Waals surface area (Å²) in [6.45, 7) is 0. The Morgan fingerprint density at radius 1 is 1.38 bits per heavy atom. The Labute approximate surface area is 124 Å². The molecule has 0 aromatic heterocycles. The molecule has 0 aliphatic rings. The quantitative estimate of drug-likeness (QED) is 0.500. The lowest BCUT2D eigenvalue weighted by atomic mass is 10.1. The molecule has 2 aromatic rings. The molecule has 0 heterocycles. The molecular formula is C14H13NO5S. The van der Waals surface area contributed by atoms with E-state index in [1.807, 2.05) is 0 Å². The van der Waals surface area contributed by atoms with Crippen LogP contribution in [0.25, 0.3) is 10.8 Å². The molecule has 0 saturated carbocycles. The summed E-state index contributed by atoms with van der Waals surface area (Å²) < 4.78 is 5.36. The largest absolute Gasteiger partial charge is 0.495 e. The number of benzene rings is 2. The van der Waals surface area contributed by atoms with Crippen LogP contribution in [0.1, 0.15) is 6.42 Å². The summed E-state index contributed by atoms with van der Waals surface area (Å²) in [6.07, 6.45) is -0.0194. The van der Waals surface area contributed by atoms with Gasteiger partial charge >= 0.3 is 5.97 Å². The summed E-state index contributed by atoms with van der Waals surface area (Å²) in [6, 6.07) is 8.37. The molecule has 2 rings (SSSR count). The van der Waals surface area contributed by atoms with E-state index in [0.29, 0.717) is 27.2 Å². The first-order valence-electron chi connectivity index (χ1n) is 6.13. The lowest BCUT2D eigenvalue weighted by molar-refractivity contribution is -0.383. The average Bonchev–Trinajstić information content (AvgIpc) is 2.45. The molecule has 7 heteroatoms. The predicted molar refractivity (Wildman–Crippen MR) is 80.1 cm³/mol. The molecular weight excluding hydrogens is 294 g/mol. The number of non-ortho nitro benzene ring substituents is 1. The van der Waals surface area contributed by atoms with E-state index in [2.05, 4.69) is 0 Å². The highest BCUT2D eigenvalue weighted by Gasteiger charge is 2.19. The van der Waals surface area contributed by atoms with Gasteiger partial charge in [-0.25, -0.2) is 0 Å². The Kier molecular flexibility index (Phi) is 4.64. The van der Waals surface area contributed by atoms with Crippen molar-refractivity contribution < 1.29 is 19.6 Å². The lowest BCUT2D eigenvalue weighted by Gasteiger charge is -2.11. The van der Waals surface area contributed by atoms with Gasteiger partial charge in [0.2, 0.25) is 0 Å². The van der Waals surface area contributed by atoms with Gasteiger partial charge in [0.1, 0.15) is 5.75 Å². The van der Waals surface area contributed by atoms with Crippen LogP contribution in [0, 0.1) is 10.1 Å². The summed E-state index contributed by atoms with van der Waals surface area (Å²) in [5, 5.41) is 21.0. The number of nitrogens with zero attached hydrogens (tertiary/aromatic N) is 1. The first kappa shape index (κ1) is 15.1. The van der Waals surface area contributed by atoms with Gasteiger partial charge in [-0.05, 0) is 6.07 Å². The predicted octanol–water partition coefficient (Wildman–Crippen LogP) is 3.32. The van der Waals surface area contributed by atoms with Gasteiger partial charge in [0, 0.05) is 17.2 Å². The van der Waals surface area contributed by atoms with Gasteiger partial charge in [0.25, 0.3) is 5.69 Å². The van der Waals surface area contributed by atoms with Gasteiger partial charge in [0.15, 0.2) is 0 Å². The molecule has 0 amide bonds. The Morgan fingerprint density at radius 3 is 2.62 bits per heavy atom. The number of hydrogen-bond donors (Lipinski definition) is 1. The molecule has 0 saturated heterocycles. The number of hydrogen-bond acceptors (Lipinski definition) is 5. The third-order valence-electron chi connectivity index (χ3n) is 2.91. The molecule has 0 aliphatic heterocycles. The van der Waals surface area contributed by atoms with Crippen molar-refractivity contribution in [2.45, 2.75) is 11.3 Å². The topological polar surface area (TPSA) is 89.7 Å². The SMILES string of the molecule is COc1c(SCCC(=O)O)cc([N+](=O)[O-])c2ccccc12. The third kappa shape index (κ3) is 3.25. The fourth-order valence-electron chi connectivity index (χ4n) is 2.02. The van der Waals surface area contributed by atoms with Gasteiger partial charge in [-0.3, -0.25) is 14.9 Å². The van der Waals surface area contributed by atoms with E-state index in [1.165, 1.54) is 24.9 Å². The van der Waals surface area contributed by atoms with Gasteiger partial charge in [-0.2, -0.15) is 0 Å². The number of methoxy groups -OCH3 is 1. The van der Waals surface area contributed by atoms with E-state index in [4.69, 9.17) is 9.84 Å². The van der Waals surface area contributed by atoms with E-state index >= 15 is 0 Å². The van der Waals surface area contributed by atoms with E-state index < -0.39 is 10.9 Å². The maximum Gasteiger partial charge on any atom is 0.304 e. The second kappa shape index (κ2) is 6.45. The first-order chi connectivity index (χ1) is 10.0. The van der Waals surface area contributed by atoms with Crippen LogP contribution in [0.4, 0.5) is 5.69 Å². The van der Waals surface area contributed by atoms with Crippen molar-refractivity contribution in [1.29, 1.82) is 0 Å². The number of fused-ring (bicyclic) bond motifs is 1. The van der Waals surface area contributed by atoms with Gasteiger partial charge in [-0.15, -0.1) is 11.8 Å². The second-order valence-electron chi connectivity index (χ2n) is 4.22. The number of nitro benzene ring substituents is 1. The second-order valence-corrected chi connectivity index (χ2v) is 5.36. The van der Waals surface area contributed by atoms with Crippen molar-refractivity contribution >= 4 is 34.2 Å². The fraction of sp³-hybridized carbons (Fsp3) is 0.214. The molecule has 0 atom stereocenters. The monoisotopic (exact) mass is 307 g/mol. The average molecular weight is 307 g/mol. The van der Waals surface area contributed by atoms with Crippen molar-refractivity contribution in [1.82, 2.24) is 0 Å². The zero-order valence-corrected chi connectivity index (χ0v) is 12.1. The van der Waals surface area contributed by atoms with Crippen molar-refractivity contribution in [3.8, 4) is 5.75 Å². The summed E-state index contributed by atoms with van der Waals surface area (Å²) >= 11 is 1.24. The Hall–Kier alpha value is -2.28. The number of carboxylic acid groups (broad SMARTS) is 1. The van der Waals surface area contributed by atoms with Crippen LogP contribution < -0.4 is 4.74 Å². The van der Waals surface area contributed by atoms with Crippen LogP contribution in [0.5, 0.6) is 5.75 Å². The van der Waals surface area contributed by atoms with Crippen LogP contribution in [-0.4, -0.2) is 28.9 Å². The van der Waals surface area contributed by atoms with Crippen molar-refractivity contribution in [2.75, 3.05) is 12.9 Å². The summed E-state index contributed by atoms with van der Waals surface area (Å²) in [4.78, 5) is 21.9. The minimum absolute atomic E-state index is 0.00998. The minimum Gasteiger partial charge on any atom is -0.495 e. The molecule has 0 radical (unpaired) electrons. The standard InChI is InChI=1S/C14H13NO5S/c1-20-14-10-5-3-2-4-9(10)11(15(18)19)8-12(14)21-7-6-13(16)17/h2-5,8H,6-7H2,1H3,(H,16,17). The molecule has 110 valence electrons. The smallest absolute Gasteiger partial charge is 0.304 e. The van der Waals surface area contributed by atoms with Crippen LogP contribution in [0.15, 0.2) is 35.2 Å². The van der Waals surface area contributed by atoms with Gasteiger partial charge in [-0.1, -0.05) is 18.2 Å². The van der Waals surface area contributed by atoms with Crippen LogP contribution in [0.2, 0.25) is 0 Å². The highest BCUT2D eigenvalue weighted by atomic mass is 32.2. The molecule has 0 aliphatic carbocycles. The third-order valence-corrected chi connectivity index (χ3v) is 3.94. The van der Waals surface area contributed by atoms with Crippen molar-refractivity contribution in [3.05, 3.63) is 40.4 Å². The first-order valence-corrected chi connectivity index (χ1v) is 7.12. The zero-order valence-electron chi connectivity index (χ0n) is 11.2. The molecule has 21 heavy (non-hydrogen) atoms. The van der Waals surface area contributed by atoms with E-state index in [0.717, 1.165) is 0 Å². The van der Waals surface area contributed by atoms with E-state index in [-0.39, 0.29) is 12.1 Å². The molecule has 0 spiro atoms. The number of rotatable bonds is 6. The van der Waals surface area contributed by atoms with Crippen molar-refractivity contribution in [3.63, 3.8) is 0 Å². The summed E-state index contributed by atoms with van der Waals surface area (Å²) in [5.74, 6) is -0.0513. The zero-order chi connectivity index (χ0) is 15.4. The maximum absolute atomic E-state index is 11.2. The number of thioether (sulfide) groups is 1. The van der Waals surface area contributed by atoms with Crippen LogP contribution in [0.3, 0.4) is 0 Å². The summed E-state index contributed by atoms with van der Waals surface area (Å²) in [7, 11) is 1.49. The number of carboxylic acids is 1. The fourth-order valence-corrected chi connectivity index (χ4v) is 3.04. The maximum atomic E-state index is 11.2. The molecule has 0 bridgehead atoms. The van der Waals surface area contributed by atoms with E-state index in [1.54, 1.807) is 24.3 Å². The van der Waals surface area contributed by atoms with Crippen molar-refractivity contribution in [2.24, 2.45) is 0 Å². The number of aliphatic carboxylic acids is 1. The number of ether oxygens (including phenoxy) is 1. The number of carbonyl (C=O) groups is 1. The molecule has 0 unspecified atom stereocenters. The molecule has 2 aromatic carbocycles. The van der Waals surface area contributed by atoms with E-state index in [9.17, 15) is 14.9 Å². The highest BCUT2D eigenvalue weighted by molar-refractivity contribution is 7.99. The molecule has 1 N–H and O–H groups in total. The molecule has 0 fully saturated rings. The van der Waals surface area contributed by atoms with Gasteiger partial charge < -0.3 is 9.84 Å². The number of nitro groups is 1. The Bertz CT molecular complexity index is 701. The Morgan fingerprint density at radius 2 is 2.05 bits per heavy atom. The summed E-state index contributed by atoms with van der Waals surface area (Å²) in [5.41, 5.74) is -0.00998. The molecule has 6 nitrogen and oxygen atoms in total. The minimum atomic E-state index is -0.906. The Balaban J connectivity index is 2.53. The lowest BCUT2D eigenvalue weighted by Crippen LogP contribution is -1.98. The van der Waals surface area contributed by atoms with Crippen LogP contribution >= 0.6 is 11.8 Å². The normalized spacial score (nSPS) is 10.5.